The van der Waals surface area contributed by atoms with Gasteiger partial charge in [-0.2, -0.15) is 18.3 Å². The molecular weight excluding hydrogens is 299 g/mol. The molecule has 0 radical (unpaired) electrons. The third kappa shape index (κ3) is 2.49. The molecule has 90 valence electrons. The van der Waals surface area contributed by atoms with Crippen LogP contribution in [0.3, 0.4) is 0 Å². The van der Waals surface area contributed by atoms with E-state index in [1.165, 1.54) is 12.1 Å². The number of aromatic nitrogens is 3. The summed E-state index contributed by atoms with van der Waals surface area (Å²) in [5, 5.41) is 6.41. The molecule has 0 atom stereocenters. The second-order valence-corrected chi connectivity index (χ2v) is 4.29. The van der Waals surface area contributed by atoms with E-state index in [-0.39, 0.29) is 10.3 Å². The van der Waals surface area contributed by atoms with Crippen LogP contribution in [-0.4, -0.2) is 15.2 Å². The average molecular weight is 306 g/mol. The van der Waals surface area contributed by atoms with Crippen molar-refractivity contribution in [3.05, 3.63) is 34.1 Å². The summed E-state index contributed by atoms with van der Waals surface area (Å²) in [5.41, 5.74) is -0.415. The molecule has 2 aromatic rings. The minimum Gasteiger partial charge on any atom is -0.263 e. The molecule has 0 saturated heterocycles. The number of hydrogen-bond acceptors (Lipinski definition) is 2. The van der Waals surface area contributed by atoms with Crippen LogP contribution in [0.25, 0.3) is 11.4 Å². The van der Waals surface area contributed by atoms with E-state index in [4.69, 9.17) is 0 Å². The lowest BCUT2D eigenvalue weighted by atomic mass is 10.1. The molecule has 0 amide bonds. The molecule has 0 saturated carbocycles. The summed E-state index contributed by atoms with van der Waals surface area (Å²) in [4.78, 5) is 3.98. The molecular formula is C10H7BrF3N3. The number of benzene rings is 1. The SMILES string of the molecule is Cc1nc(-c2ccc(Br)c(C(F)(F)F)c2)n[nH]1. The van der Waals surface area contributed by atoms with Gasteiger partial charge in [0.1, 0.15) is 5.82 Å². The summed E-state index contributed by atoms with van der Waals surface area (Å²) in [6.07, 6.45) is -4.40. The molecule has 0 aliphatic heterocycles. The fraction of sp³-hybridized carbons (Fsp3) is 0.200. The van der Waals surface area contributed by atoms with Crippen molar-refractivity contribution in [3.63, 3.8) is 0 Å². The van der Waals surface area contributed by atoms with Gasteiger partial charge in [0.2, 0.25) is 0 Å². The van der Waals surface area contributed by atoms with Crippen LogP contribution in [0.4, 0.5) is 13.2 Å². The molecule has 0 aliphatic carbocycles. The lowest BCUT2D eigenvalue weighted by Gasteiger charge is -2.09. The molecule has 1 aromatic carbocycles. The van der Waals surface area contributed by atoms with Crippen molar-refractivity contribution in [1.29, 1.82) is 0 Å². The molecule has 3 nitrogen and oxygen atoms in total. The Kier molecular flexibility index (Phi) is 2.94. The summed E-state index contributed by atoms with van der Waals surface area (Å²) < 4.78 is 38.0. The fourth-order valence-electron chi connectivity index (χ4n) is 1.35. The zero-order valence-corrected chi connectivity index (χ0v) is 10.2. The van der Waals surface area contributed by atoms with Gasteiger partial charge in [-0.15, -0.1) is 0 Å². The smallest absolute Gasteiger partial charge is 0.263 e. The van der Waals surface area contributed by atoms with Crippen LogP contribution in [0, 0.1) is 6.92 Å². The Hall–Kier alpha value is -1.37. The van der Waals surface area contributed by atoms with Gasteiger partial charge in [0.05, 0.1) is 5.56 Å². The minimum atomic E-state index is -4.40. The van der Waals surface area contributed by atoms with Crippen molar-refractivity contribution in [2.45, 2.75) is 13.1 Å². The van der Waals surface area contributed by atoms with Crippen molar-refractivity contribution in [2.75, 3.05) is 0 Å². The molecule has 17 heavy (non-hydrogen) atoms. The zero-order valence-electron chi connectivity index (χ0n) is 8.64. The maximum atomic E-state index is 12.7. The second kappa shape index (κ2) is 4.14. The molecule has 1 N–H and O–H groups in total. The van der Waals surface area contributed by atoms with E-state index in [1.54, 1.807) is 6.92 Å². The Labute approximate surface area is 103 Å². The van der Waals surface area contributed by atoms with E-state index in [1.807, 2.05) is 0 Å². The van der Waals surface area contributed by atoms with E-state index in [0.717, 1.165) is 6.07 Å². The number of nitrogens with one attached hydrogen (secondary N) is 1. The first-order chi connectivity index (χ1) is 7.88. The van der Waals surface area contributed by atoms with Crippen molar-refractivity contribution >= 4 is 15.9 Å². The van der Waals surface area contributed by atoms with E-state index in [2.05, 4.69) is 31.1 Å². The van der Waals surface area contributed by atoms with Gasteiger partial charge in [-0.3, -0.25) is 5.10 Å². The first kappa shape index (κ1) is 12.1. The van der Waals surface area contributed by atoms with Gasteiger partial charge in [0.25, 0.3) is 0 Å². The van der Waals surface area contributed by atoms with E-state index in [9.17, 15) is 13.2 Å². The third-order valence-electron chi connectivity index (χ3n) is 2.13. The van der Waals surface area contributed by atoms with Gasteiger partial charge in [-0.1, -0.05) is 15.9 Å². The Morgan fingerprint density at radius 3 is 2.53 bits per heavy atom. The van der Waals surface area contributed by atoms with Crippen LogP contribution in [0.2, 0.25) is 0 Å². The van der Waals surface area contributed by atoms with Gasteiger partial charge >= 0.3 is 6.18 Å². The highest BCUT2D eigenvalue weighted by atomic mass is 79.9. The second-order valence-electron chi connectivity index (χ2n) is 3.44. The fourth-order valence-corrected chi connectivity index (χ4v) is 1.82. The van der Waals surface area contributed by atoms with Crippen LogP contribution in [-0.2, 0) is 6.18 Å². The molecule has 0 bridgehead atoms. The Balaban J connectivity index is 2.51. The average Bonchev–Trinajstić information content (AvgIpc) is 2.64. The number of hydrogen-bond donors (Lipinski definition) is 1. The van der Waals surface area contributed by atoms with Crippen LogP contribution in [0.5, 0.6) is 0 Å². The van der Waals surface area contributed by atoms with Gasteiger partial charge in [0, 0.05) is 10.0 Å². The minimum absolute atomic E-state index is 0.000933. The van der Waals surface area contributed by atoms with E-state index < -0.39 is 11.7 Å². The van der Waals surface area contributed by atoms with Crippen LogP contribution < -0.4 is 0 Å². The number of alkyl halides is 3. The van der Waals surface area contributed by atoms with Crippen molar-refractivity contribution in [3.8, 4) is 11.4 Å². The molecule has 7 heteroatoms. The first-order valence-electron chi connectivity index (χ1n) is 4.64. The maximum Gasteiger partial charge on any atom is 0.417 e. The Bertz CT molecular complexity index is 548. The zero-order chi connectivity index (χ0) is 12.6. The number of nitrogens with zero attached hydrogens (tertiary/aromatic N) is 2. The summed E-state index contributed by atoms with van der Waals surface area (Å²) in [5.74, 6) is 0.803. The summed E-state index contributed by atoms with van der Waals surface area (Å²) in [7, 11) is 0. The largest absolute Gasteiger partial charge is 0.417 e. The Morgan fingerprint density at radius 2 is 2.00 bits per heavy atom. The highest BCUT2D eigenvalue weighted by Gasteiger charge is 2.33. The van der Waals surface area contributed by atoms with Crippen molar-refractivity contribution < 1.29 is 13.2 Å². The Morgan fingerprint density at radius 1 is 1.29 bits per heavy atom. The van der Waals surface area contributed by atoms with E-state index in [0.29, 0.717) is 11.4 Å². The molecule has 1 heterocycles. The highest BCUT2D eigenvalue weighted by molar-refractivity contribution is 9.10. The van der Waals surface area contributed by atoms with Crippen molar-refractivity contribution in [2.24, 2.45) is 0 Å². The number of aryl methyl sites for hydroxylation is 1. The number of aromatic amines is 1. The molecule has 0 fully saturated rings. The molecule has 0 spiro atoms. The maximum absolute atomic E-state index is 12.7. The lowest BCUT2D eigenvalue weighted by molar-refractivity contribution is -0.138. The standard InChI is InChI=1S/C10H7BrF3N3/c1-5-15-9(17-16-5)6-2-3-8(11)7(4-6)10(12,13)14/h2-4H,1H3,(H,15,16,17). The first-order valence-corrected chi connectivity index (χ1v) is 5.43. The lowest BCUT2D eigenvalue weighted by Crippen LogP contribution is -2.06. The molecule has 2 rings (SSSR count). The molecule has 0 aliphatic rings. The van der Waals surface area contributed by atoms with Crippen LogP contribution in [0.15, 0.2) is 22.7 Å². The number of halogens is 4. The molecule has 0 unspecified atom stereocenters. The van der Waals surface area contributed by atoms with Crippen LogP contribution >= 0.6 is 15.9 Å². The van der Waals surface area contributed by atoms with E-state index >= 15 is 0 Å². The monoisotopic (exact) mass is 305 g/mol. The highest BCUT2D eigenvalue weighted by Crippen LogP contribution is 2.36. The van der Waals surface area contributed by atoms with Gasteiger partial charge in [-0.05, 0) is 25.1 Å². The number of H-pyrrole nitrogens is 1. The predicted molar refractivity (Wildman–Crippen MR) is 59.3 cm³/mol. The predicted octanol–water partition coefficient (Wildman–Crippen LogP) is 3.56. The van der Waals surface area contributed by atoms with Gasteiger partial charge < -0.3 is 0 Å². The van der Waals surface area contributed by atoms with Crippen LogP contribution in [0.1, 0.15) is 11.4 Å². The third-order valence-corrected chi connectivity index (χ3v) is 2.82. The summed E-state index contributed by atoms with van der Waals surface area (Å²) in [6.45, 7) is 1.68. The van der Waals surface area contributed by atoms with Gasteiger partial charge in [0.15, 0.2) is 5.82 Å². The topological polar surface area (TPSA) is 41.6 Å². The summed E-state index contributed by atoms with van der Waals surface area (Å²) in [6, 6.07) is 3.89. The van der Waals surface area contributed by atoms with Crippen molar-refractivity contribution in [1.82, 2.24) is 15.2 Å². The quantitative estimate of drug-likeness (QED) is 0.875. The van der Waals surface area contributed by atoms with Gasteiger partial charge in [-0.25, -0.2) is 4.98 Å². The molecule has 1 aromatic heterocycles. The normalized spacial score (nSPS) is 11.8. The number of rotatable bonds is 1. The summed E-state index contributed by atoms with van der Waals surface area (Å²) >= 11 is 2.88.